The lowest BCUT2D eigenvalue weighted by atomic mass is 10.0. The highest BCUT2D eigenvalue weighted by Crippen LogP contribution is 2.19. The zero-order valence-corrected chi connectivity index (χ0v) is 11.1. The third kappa shape index (κ3) is 3.67. The van der Waals surface area contributed by atoms with Crippen molar-refractivity contribution in [1.82, 2.24) is 0 Å². The van der Waals surface area contributed by atoms with Gasteiger partial charge in [0.15, 0.2) is 0 Å². The molecule has 1 atom stereocenters. The van der Waals surface area contributed by atoms with Crippen LogP contribution in [0.4, 0.5) is 10.1 Å². The summed E-state index contributed by atoms with van der Waals surface area (Å²) in [5.74, 6) is -1.92. The predicted octanol–water partition coefficient (Wildman–Crippen LogP) is 1.53. The number of carbonyl (C=O) groups excluding carboxylic acids is 2. The summed E-state index contributed by atoms with van der Waals surface area (Å²) < 4.78 is 18.4. The van der Waals surface area contributed by atoms with E-state index in [9.17, 15) is 14.0 Å². The molecule has 5 nitrogen and oxygen atoms in total. The van der Waals surface area contributed by atoms with Crippen LogP contribution in [0.1, 0.15) is 24.2 Å². The summed E-state index contributed by atoms with van der Waals surface area (Å²) >= 11 is 0. The van der Waals surface area contributed by atoms with E-state index in [0.717, 1.165) is 6.07 Å². The van der Waals surface area contributed by atoms with Crippen LogP contribution in [-0.4, -0.2) is 25.0 Å². The minimum absolute atomic E-state index is 0.0715. The summed E-state index contributed by atoms with van der Waals surface area (Å²) in [4.78, 5) is 22.5. The van der Waals surface area contributed by atoms with Gasteiger partial charge in [0, 0.05) is 5.56 Å². The largest absolute Gasteiger partial charge is 0.467 e. The Hall–Kier alpha value is -2.11. The number of carbonyl (C=O) groups is 2. The molecule has 3 N–H and O–H groups in total. The second kappa shape index (κ2) is 6.17. The fourth-order valence-electron chi connectivity index (χ4n) is 1.58. The van der Waals surface area contributed by atoms with Gasteiger partial charge in [-0.2, -0.15) is 0 Å². The summed E-state index contributed by atoms with van der Waals surface area (Å²) in [5, 5.41) is 2.76. The van der Waals surface area contributed by atoms with Crippen LogP contribution in [-0.2, 0) is 9.53 Å². The molecule has 0 saturated carbocycles. The Labute approximate surface area is 110 Å². The lowest BCUT2D eigenvalue weighted by Crippen LogP contribution is -2.35. The predicted molar refractivity (Wildman–Crippen MR) is 69.2 cm³/mol. The van der Waals surface area contributed by atoms with E-state index in [2.05, 4.69) is 10.1 Å². The average molecular weight is 268 g/mol. The number of esters is 1. The normalized spacial score (nSPS) is 12.1. The molecule has 19 heavy (non-hydrogen) atoms. The molecule has 1 amide bonds. The monoisotopic (exact) mass is 268 g/mol. The number of ether oxygens (including phenoxy) is 1. The second-order valence-corrected chi connectivity index (χ2v) is 4.45. The fraction of sp³-hybridized carbons (Fsp3) is 0.385. The number of amides is 1. The molecule has 1 rings (SSSR count). The number of primary amides is 1. The molecular formula is C13H17FN2O3. The maximum atomic E-state index is 13.8. The summed E-state index contributed by atoms with van der Waals surface area (Å²) in [7, 11) is 1.27. The Morgan fingerprint density at radius 1 is 1.37 bits per heavy atom. The van der Waals surface area contributed by atoms with Gasteiger partial charge < -0.3 is 15.8 Å². The van der Waals surface area contributed by atoms with Crippen molar-refractivity contribution in [2.45, 2.75) is 19.9 Å². The highest BCUT2D eigenvalue weighted by atomic mass is 19.1. The van der Waals surface area contributed by atoms with Crippen molar-refractivity contribution in [2.24, 2.45) is 11.7 Å². The van der Waals surface area contributed by atoms with Crippen molar-refractivity contribution >= 4 is 17.6 Å². The van der Waals surface area contributed by atoms with Gasteiger partial charge in [-0.3, -0.25) is 4.79 Å². The zero-order chi connectivity index (χ0) is 14.6. The Bertz CT molecular complexity index is 489. The van der Waals surface area contributed by atoms with E-state index in [-0.39, 0.29) is 17.2 Å². The maximum Gasteiger partial charge on any atom is 0.328 e. The van der Waals surface area contributed by atoms with E-state index < -0.39 is 23.7 Å². The van der Waals surface area contributed by atoms with Crippen molar-refractivity contribution in [1.29, 1.82) is 0 Å². The highest BCUT2D eigenvalue weighted by molar-refractivity contribution is 5.93. The first-order valence-corrected chi connectivity index (χ1v) is 5.80. The Balaban J connectivity index is 2.97. The molecule has 0 bridgehead atoms. The number of methoxy groups -OCH3 is 1. The van der Waals surface area contributed by atoms with E-state index in [4.69, 9.17) is 5.73 Å². The summed E-state index contributed by atoms with van der Waals surface area (Å²) in [6.45, 7) is 3.62. The number of nitrogens with one attached hydrogen (secondary N) is 1. The number of halogens is 1. The molecular weight excluding hydrogens is 251 g/mol. The lowest BCUT2D eigenvalue weighted by Gasteiger charge is -2.21. The molecule has 0 aliphatic heterocycles. The molecule has 1 unspecified atom stereocenters. The van der Waals surface area contributed by atoms with Crippen LogP contribution in [0, 0.1) is 11.7 Å². The molecule has 0 spiro atoms. The standard InChI is InChI=1S/C13H17FN2O3/c1-7(2)11(13(18)19-3)16-10-5-4-8(12(15)17)6-9(10)14/h4-7,11,16H,1-3H3,(H2,15,17). The second-order valence-electron chi connectivity index (χ2n) is 4.45. The molecule has 1 aromatic rings. The average Bonchev–Trinajstić information content (AvgIpc) is 2.35. The molecule has 0 aliphatic carbocycles. The summed E-state index contributed by atoms with van der Waals surface area (Å²) in [5.41, 5.74) is 5.24. The van der Waals surface area contributed by atoms with Crippen LogP contribution < -0.4 is 11.1 Å². The van der Waals surface area contributed by atoms with Crippen LogP contribution >= 0.6 is 0 Å². The van der Waals surface area contributed by atoms with Gasteiger partial charge in [0.2, 0.25) is 5.91 Å². The van der Waals surface area contributed by atoms with E-state index in [1.165, 1.54) is 19.2 Å². The van der Waals surface area contributed by atoms with E-state index in [1.807, 2.05) is 13.8 Å². The van der Waals surface area contributed by atoms with Gasteiger partial charge in [0.25, 0.3) is 0 Å². The van der Waals surface area contributed by atoms with E-state index >= 15 is 0 Å². The Morgan fingerprint density at radius 2 is 2.00 bits per heavy atom. The lowest BCUT2D eigenvalue weighted by molar-refractivity contribution is -0.142. The first-order chi connectivity index (χ1) is 8.86. The summed E-state index contributed by atoms with van der Waals surface area (Å²) in [6.07, 6.45) is 0. The Morgan fingerprint density at radius 3 is 2.42 bits per heavy atom. The van der Waals surface area contributed by atoms with Crippen molar-refractivity contribution < 1.29 is 18.7 Å². The first-order valence-electron chi connectivity index (χ1n) is 5.80. The molecule has 0 heterocycles. The van der Waals surface area contributed by atoms with Crippen molar-refractivity contribution in [2.75, 3.05) is 12.4 Å². The molecule has 6 heteroatoms. The molecule has 0 radical (unpaired) electrons. The van der Waals surface area contributed by atoms with Crippen LogP contribution in [0.5, 0.6) is 0 Å². The van der Waals surface area contributed by atoms with E-state index in [0.29, 0.717) is 0 Å². The minimum atomic E-state index is -0.709. The maximum absolute atomic E-state index is 13.8. The molecule has 0 aromatic heterocycles. The van der Waals surface area contributed by atoms with Crippen molar-refractivity contribution in [3.8, 4) is 0 Å². The summed E-state index contributed by atoms with van der Waals surface area (Å²) in [6, 6.07) is 3.12. The third-order valence-electron chi connectivity index (χ3n) is 2.69. The third-order valence-corrected chi connectivity index (χ3v) is 2.69. The van der Waals surface area contributed by atoms with Gasteiger partial charge in [0.1, 0.15) is 11.9 Å². The van der Waals surface area contributed by atoms with Crippen molar-refractivity contribution in [3.05, 3.63) is 29.6 Å². The van der Waals surface area contributed by atoms with Crippen LogP contribution in [0.15, 0.2) is 18.2 Å². The smallest absolute Gasteiger partial charge is 0.328 e. The zero-order valence-electron chi connectivity index (χ0n) is 11.1. The SMILES string of the molecule is COC(=O)C(Nc1ccc(C(N)=O)cc1F)C(C)C. The Kier molecular flexibility index (Phi) is 4.86. The molecule has 104 valence electrons. The number of hydrogen-bond acceptors (Lipinski definition) is 4. The fourth-order valence-corrected chi connectivity index (χ4v) is 1.58. The van der Waals surface area contributed by atoms with Crippen LogP contribution in [0.2, 0.25) is 0 Å². The van der Waals surface area contributed by atoms with Crippen LogP contribution in [0.25, 0.3) is 0 Å². The molecule has 1 aromatic carbocycles. The van der Waals surface area contributed by atoms with Crippen molar-refractivity contribution in [3.63, 3.8) is 0 Å². The number of nitrogens with two attached hydrogens (primary N) is 1. The minimum Gasteiger partial charge on any atom is -0.467 e. The van der Waals surface area contributed by atoms with Gasteiger partial charge in [-0.15, -0.1) is 0 Å². The molecule has 0 aliphatic rings. The quantitative estimate of drug-likeness (QED) is 0.793. The van der Waals surface area contributed by atoms with Gasteiger partial charge >= 0.3 is 5.97 Å². The van der Waals surface area contributed by atoms with Crippen LogP contribution in [0.3, 0.4) is 0 Å². The molecule has 0 fully saturated rings. The van der Waals surface area contributed by atoms with Gasteiger partial charge in [0.05, 0.1) is 12.8 Å². The topological polar surface area (TPSA) is 81.4 Å². The number of anilines is 1. The highest BCUT2D eigenvalue weighted by Gasteiger charge is 2.23. The van der Waals surface area contributed by atoms with Gasteiger partial charge in [-0.25, -0.2) is 9.18 Å². The number of rotatable bonds is 5. The van der Waals surface area contributed by atoms with E-state index in [1.54, 1.807) is 0 Å². The van der Waals surface area contributed by atoms with Gasteiger partial charge in [-0.1, -0.05) is 13.8 Å². The van der Waals surface area contributed by atoms with Gasteiger partial charge in [-0.05, 0) is 24.1 Å². The first kappa shape index (κ1) is 14.9. The number of hydrogen-bond donors (Lipinski definition) is 2. The molecule has 0 saturated heterocycles. The number of benzene rings is 1.